The van der Waals surface area contributed by atoms with Crippen molar-refractivity contribution >= 4 is 29.1 Å². The highest BCUT2D eigenvalue weighted by Crippen LogP contribution is 2.27. The van der Waals surface area contributed by atoms with Crippen molar-refractivity contribution in [3.8, 4) is 5.88 Å². The summed E-state index contributed by atoms with van der Waals surface area (Å²) in [6.45, 7) is 3.08. The number of aromatic amines is 1. The largest absolute Gasteiger partial charge is 0.469 e. The molecule has 1 aliphatic heterocycles. The van der Waals surface area contributed by atoms with Gasteiger partial charge in [-0.15, -0.1) is 0 Å². The Hall–Kier alpha value is -3.57. The number of H-pyrrole nitrogens is 1. The van der Waals surface area contributed by atoms with Gasteiger partial charge in [-0.2, -0.15) is 9.97 Å². The number of rotatable bonds is 8. The van der Waals surface area contributed by atoms with E-state index in [1.165, 1.54) is 11.0 Å². The van der Waals surface area contributed by atoms with Crippen LogP contribution in [0.4, 0.5) is 19.1 Å². The number of nitrogens with two attached hydrogens (primary N) is 1. The molecule has 0 saturated carbocycles. The maximum absolute atomic E-state index is 14.5. The number of amides is 1. The summed E-state index contributed by atoms with van der Waals surface area (Å²) in [5.41, 5.74) is 6.08. The second-order valence-electron chi connectivity index (χ2n) is 6.67. The molecule has 4 N–H and O–H groups in total. The number of alkyl halides is 3. The summed E-state index contributed by atoms with van der Waals surface area (Å²) < 4.78 is 44.9. The molecule has 31 heavy (non-hydrogen) atoms. The number of fused-ring (bicyclic) bond motifs is 1. The van der Waals surface area contributed by atoms with Crippen molar-refractivity contribution in [1.29, 1.82) is 0 Å². The summed E-state index contributed by atoms with van der Waals surface area (Å²) in [5, 5.41) is 3.27. The number of carbonyl (C=O) groups excluding carboxylic acids is 1. The molecule has 1 saturated heterocycles. The average molecular weight is 437 g/mol. The first kappa shape index (κ1) is 22.1. The molecule has 0 radical (unpaired) electrons. The highest BCUT2D eigenvalue weighted by molar-refractivity contribution is 5.87. The fourth-order valence-corrected chi connectivity index (χ4v) is 3.01. The van der Waals surface area contributed by atoms with Gasteiger partial charge >= 0.3 is 0 Å². The fourth-order valence-electron chi connectivity index (χ4n) is 3.01. The number of halogens is 3. The van der Waals surface area contributed by atoms with Crippen molar-refractivity contribution in [2.45, 2.75) is 25.1 Å². The first-order chi connectivity index (χ1) is 14.9. The van der Waals surface area contributed by atoms with Gasteiger partial charge in [0, 0.05) is 25.2 Å². The zero-order valence-corrected chi connectivity index (χ0v) is 16.5. The van der Waals surface area contributed by atoms with Crippen molar-refractivity contribution in [2.75, 3.05) is 25.0 Å². The molecule has 166 valence electrons. The Labute approximate surface area is 175 Å². The van der Waals surface area contributed by atoms with Gasteiger partial charge in [0.25, 0.3) is 6.43 Å². The molecule has 2 atom stereocenters. The van der Waals surface area contributed by atoms with Crippen molar-refractivity contribution < 1.29 is 22.7 Å². The molecule has 2 aromatic heterocycles. The van der Waals surface area contributed by atoms with Crippen LogP contribution in [-0.2, 0) is 4.79 Å². The molecule has 9 nitrogen and oxygen atoms in total. The minimum Gasteiger partial charge on any atom is -0.469 e. The predicted molar refractivity (Wildman–Crippen MR) is 110 cm³/mol. The van der Waals surface area contributed by atoms with Gasteiger partial charge < -0.3 is 25.7 Å². The third-order valence-corrected chi connectivity index (χ3v) is 4.52. The molecule has 1 aliphatic rings. The van der Waals surface area contributed by atoms with E-state index in [4.69, 9.17) is 10.5 Å². The van der Waals surface area contributed by atoms with Crippen LogP contribution in [0.1, 0.15) is 6.42 Å². The molecule has 1 fully saturated rings. The van der Waals surface area contributed by atoms with Crippen LogP contribution in [0.15, 0.2) is 41.8 Å². The molecule has 0 aromatic carbocycles. The Morgan fingerprint density at radius 1 is 1.52 bits per heavy atom. The lowest BCUT2D eigenvalue weighted by molar-refractivity contribution is -0.130. The smallest absolute Gasteiger partial charge is 0.257 e. The SMILES string of the molecule is C=CC(=O)N1CC[C@@H](F)[C@H](Oc2nc(NC(C=NCC(F)F)=CN)nc3[nH]ccc23)C1. The van der Waals surface area contributed by atoms with Crippen LogP contribution in [-0.4, -0.2) is 70.3 Å². The molecule has 1 amide bonds. The van der Waals surface area contributed by atoms with E-state index in [-0.39, 0.29) is 42.9 Å². The number of allylic oxidation sites excluding steroid dienone is 1. The quantitative estimate of drug-likeness (QED) is 0.429. The van der Waals surface area contributed by atoms with Crippen LogP contribution in [0.2, 0.25) is 0 Å². The third-order valence-electron chi connectivity index (χ3n) is 4.52. The molecule has 0 spiro atoms. The lowest BCUT2D eigenvalue weighted by Gasteiger charge is -2.34. The number of piperidine rings is 1. The van der Waals surface area contributed by atoms with Crippen LogP contribution in [0.3, 0.4) is 0 Å². The van der Waals surface area contributed by atoms with E-state index in [9.17, 15) is 18.0 Å². The van der Waals surface area contributed by atoms with Crippen LogP contribution in [0.5, 0.6) is 5.88 Å². The fraction of sp³-hybridized carbons (Fsp3) is 0.368. The summed E-state index contributed by atoms with van der Waals surface area (Å²) >= 11 is 0. The maximum Gasteiger partial charge on any atom is 0.257 e. The molecular formula is C19H22F3N7O2. The van der Waals surface area contributed by atoms with Gasteiger partial charge in [-0.1, -0.05) is 6.58 Å². The van der Waals surface area contributed by atoms with E-state index in [0.29, 0.717) is 11.0 Å². The summed E-state index contributed by atoms with van der Waals surface area (Å²) in [7, 11) is 0. The number of anilines is 1. The molecular weight excluding hydrogens is 415 g/mol. The Morgan fingerprint density at radius 2 is 2.32 bits per heavy atom. The Bertz CT molecular complexity index is 992. The molecule has 0 bridgehead atoms. The van der Waals surface area contributed by atoms with E-state index < -0.39 is 25.2 Å². The number of ether oxygens (including phenoxy) is 1. The highest BCUT2D eigenvalue weighted by Gasteiger charge is 2.33. The Morgan fingerprint density at radius 3 is 3.03 bits per heavy atom. The van der Waals surface area contributed by atoms with Gasteiger partial charge in [-0.25, -0.2) is 13.2 Å². The van der Waals surface area contributed by atoms with Crippen molar-refractivity contribution in [3.05, 3.63) is 36.8 Å². The van der Waals surface area contributed by atoms with E-state index in [0.717, 1.165) is 12.4 Å². The van der Waals surface area contributed by atoms with Crippen LogP contribution in [0, 0.1) is 0 Å². The summed E-state index contributed by atoms with van der Waals surface area (Å²) in [6.07, 6.45) is 0.340. The van der Waals surface area contributed by atoms with Crippen LogP contribution in [0.25, 0.3) is 11.0 Å². The van der Waals surface area contributed by atoms with Crippen LogP contribution >= 0.6 is 0 Å². The molecule has 3 heterocycles. The summed E-state index contributed by atoms with van der Waals surface area (Å²) in [6, 6.07) is 1.67. The number of aromatic nitrogens is 3. The normalized spacial score (nSPS) is 19.9. The minimum atomic E-state index is -2.58. The standard InChI is InChI=1S/C19H22F3N7O2/c1-2-16(30)29-6-4-13(20)14(10-29)31-18-12-3-5-25-17(12)27-19(28-18)26-11(7-23)8-24-9-15(21)22/h2-3,5,7-8,13-15H,1,4,6,9-10,23H2,(H2,25,26,27,28)/t13-,14-/m1/s1. The third kappa shape index (κ3) is 5.53. The molecule has 0 unspecified atom stereocenters. The first-order valence-electron chi connectivity index (χ1n) is 9.45. The van der Waals surface area contributed by atoms with E-state index in [1.807, 2.05) is 0 Å². The monoisotopic (exact) mass is 437 g/mol. The Kier molecular flexibility index (Phi) is 7.11. The number of aliphatic imine (C=N–C) groups is 1. The predicted octanol–water partition coefficient (Wildman–Crippen LogP) is 2.01. The minimum absolute atomic E-state index is 0.0374. The van der Waals surface area contributed by atoms with Crippen molar-refractivity contribution in [3.63, 3.8) is 0 Å². The van der Waals surface area contributed by atoms with E-state index in [1.54, 1.807) is 12.3 Å². The van der Waals surface area contributed by atoms with E-state index >= 15 is 0 Å². The molecule has 2 aromatic rings. The zero-order chi connectivity index (χ0) is 22.4. The zero-order valence-electron chi connectivity index (χ0n) is 16.5. The molecule has 3 rings (SSSR count). The Balaban J connectivity index is 1.82. The number of hydrogen-bond acceptors (Lipinski definition) is 7. The van der Waals surface area contributed by atoms with Crippen molar-refractivity contribution in [2.24, 2.45) is 10.7 Å². The number of likely N-dealkylation sites (tertiary alicyclic amines) is 1. The maximum atomic E-state index is 14.5. The molecule has 12 heteroatoms. The van der Waals surface area contributed by atoms with Crippen LogP contribution < -0.4 is 15.8 Å². The van der Waals surface area contributed by atoms with Gasteiger partial charge in [0.1, 0.15) is 17.9 Å². The topological polar surface area (TPSA) is 122 Å². The average Bonchev–Trinajstić information content (AvgIpc) is 3.22. The van der Waals surface area contributed by atoms with Gasteiger partial charge in [-0.3, -0.25) is 9.79 Å². The first-order valence-corrected chi connectivity index (χ1v) is 9.45. The van der Waals surface area contributed by atoms with Gasteiger partial charge in [0.15, 0.2) is 0 Å². The van der Waals surface area contributed by atoms with Gasteiger partial charge in [-0.05, 0) is 18.6 Å². The van der Waals surface area contributed by atoms with Gasteiger partial charge in [0.05, 0.1) is 24.2 Å². The summed E-state index contributed by atoms with van der Waals surface area (Å²) in [5.74, 6) is -0.177. The highest BCUT2D eigenvalue weighted by atomic mass is 19.3. The summed E-state index contributed by atoms with van der Waals surface area (Å²) in [4.78, 5) is 28.4. The number of hydrogen-bond donors (Lipinski definition) is 3. The lowest BCUT2D eigenvalue weighted by Crippen LogP contribution is -2.49. The second-order valence-corrected chi connectivity index (χ2v) is 6.67. The number of nitrogens with zero attached hydrogens (tertiary/aromatic N) is 4. The van der Waals surface area contributed by atoms with E-state index in [2.05, 4.69) is 31.8 Å². The second kappa shape index (κ2) is 9.96. The number of nitrogens with one attached hydrogen (secondary N) is 2. The van der Waals surface area contributed by atoms with Gasteiger partial charge in [0.2, 0.25) is 17.7 Å². The van der Waals surface area contributed by atoms with Crippen molar-refractivity contribution in [1.82, 2.24) is 19.9 Å². The number of carbonyl (C=O) groups is 1. The lowest BCUT2D eigenvalue weighted by atomic mass is 10.1. The molecule has 0 aliphatic carbocycles.